The molecule has 13 rings (SSSR count). The van der Waals surface area contributed by atoms with E-state index in [4.69, 9.17) is 0 Å². The summed E-state index contributed by atoms with van der Waals surface area (Å²) in [4.78, 5) is 2.42. The van der Waals surface area contributed by atoms with Crippen molar-refractivity contribution in [1.82, 2.24) is 4.57 Å². The van der Waals surface area contributed by atoms with Gasteiger partial charge in [-0.15, -0.1) is 0 Å². The van der Waals surface area contributed by atoms with E-state index in [2.05, 4.69) is 191 Å². The zero-order valence-corrected chi connectivity index (χ0v) is 32.6. The SMILES string of the molecule is c1cc(N(c2ccc(-c3ccc4c(c3)-c3ccccc3C43CCC4CC5CC3C5C4)cc2)c2ccc3ccccc3c2)cc(-n2c3ccccc3c3ccccc32)c1. The molecule has 0 amide bonds. The van der Waals surface area contributed by atoms with E-state index in [1.54, 1.807) is 11.1 Å². The molecular formula is C56H44N2. The predicted molar refractivity (Wildman–Crippen MR) is 242 cm³/mol. The summed E-state index contributed by atoms with van der Waals surface area (Å²) in [6, 6.07) is 68.3. The lowest BCUT2D eigenvalue weighted by Crippen LogP contribution is -2.47. The van der Waals surface area contributed by atoms with Gasteiger partial charge >= 0.3 is 0 Å². The summed E-state index contributed by atoms with van der Waals surface area (Å²) in [5, 5.41) is 5.02. The van der Waals surface area contributed by atoms with Crippen molar-refractivity contribution < 1.29 is 0 Å². The molecule has 0 saturated heterocycles. The Morgan fingerprint density at radius 2 is 1.17 bits per heavy atom. The summed E-state index contributed by atoms with van der Waals surface area (Å²) in [5.74, 6) is 3.64. The lowest BCUT2D eigenvalue weighted by molar-refractivity contribution is 0.0400. The largest absolute Gasteiger partial charge is 0.310 e. The minimum absolute atomic E-state index is 0.193. The summed E-state index contributed by atoms with van der Waals surface area (Å²) in [5.41, 5.74) is 15.9. The molecule has 278 valence electrons. The maximum absolute atomic E-state index is 2.53. The van der Waals surface area contributed by atoms with E-state index in [0.29, 0.717) is 0 Å². The fraction of sp³-hybridized carbons (Fsp3) is 0.179. The first-order valence-electron chi connectivity index (χ1n) is 21.4. The van der Waals surface area contributed by atoms with Crippen molar-refractivity contribution in [2.24, 2.45) is 23.7 Å². The molecule has 0 aliphatic heterocycles. The lowest BCUT2D eigenvalue weighted by Gasteiger charge is -2.52. The van der Waals surface area contributed by atoms with E-state index < -0.39 is 0 Å². The Morgan fingerprint density at radius 1 is 0.483 bits per heavy atom. The summed E-state index contributed by atoms with van der Waals surface area (Å²) in [7, 11) is 0. The molecule has 8 aromatic carbocycles. The Balaban J connectivity index is 0.919. The maximum atomic E-state index is 2.53. The fourth-order valence-electron chi connectivity index (χ4n) is 12.6. The van der Waals surface area contributed by atoms with Gasteiger partial charge in [0.25, 0.3) is 0 Å². The molecule has 1 aromatic heterocycles. The Bertz CT molecular complexity index is 3040. The average Bonchev–Trinajstić information content (AvgIpc) is 3.85. The maximum Gasteiger partial charge on any atom is 0.0541 e. The molecule has 5 atom stereocenters. The molecule has 2 nitrogen and oxygen atoms in total. The highest BCUT2D eigenvalue weighted by molar-refractivity contribution is 6.09. The van der Waals surface area contributed by atoms with E-state index in [1.165, 1.54) is 86.9 Å². The highest BCUT2D eigenvalue weighted by atomic mass is 15.1. The van der Waals surface area contributed by atoms with E-state index in [0.717, 1.165) is 46.4 Å². The Hall–Kier alpha value is -6.38. The van der Waals surface area contributed by atoms with Crippen LogP contribution in [0.3, 0.4) is 0 Å². The summed E-state index contributed by atoms with van der Waals surface area (Å²) < 4.78 is 2.41. The van der Waals surface area contributed by atoms with Gasteiger partial charge in [0.05, 0.1) is 11.0 Å². The second-order valence-corrected chi connectivity index (χ2v) is 17.7. The first-order valence-corrected chi connectivity index (χ1v) is 21.4. The number of para-hydroxylation sites is 2. The molecule has 3 saturated carbocycles. The zero-order valence-electron chi connectivity index (χ0n) is 32.6. The zero-order chi connectivity index (χ0) is 38.0. The van der Waals surface area contributed by atoms with Gasteiger partial charge in [0.2, 0.25) is 0 Å². The number of rotatable bonds is 5. The normalized spacial score (nSPS) is 22.6. The van der Waals surface area contributed by atoms with E-state index in [1.807, 2.05) is 0 Å². The molecule has 3 fully saturated rings. The molecule has 0 N–H and O–H groups in total. The standard InChI is InChI=1S/C56H44N2/c1-2-11-39-32-45(26-22-37(39)10-1)57(43-12-9-13-44(35-43)58-54-18-7-4-15-47(54)48-16-5-8-19-55(48)58)42-24-20-38(21-25-42)40-23-27-52-50(33-40)46-14-3-6-17-51(46)56(52)29-28-36-30-41-34-53(56)49(41)31-36/h1-27,32-33,35-36,41,49,53H,28-31,34H2. The first-order chi connectivity index (χ1) is 28.7. The summed E-state index contributed by atoms with van der Waals surface area (Å²) in [6.45, 7) is 0. The molecule has 2 heteroatoms. The number of hydrogen-bond donors (Lipinski definition) is 0. The van der Waals surface area contributed by atoms with Crippen molar-refractivity contribution in [3.63, 3.8) is 0 Å². The van der Waals surface area contributed by atoms with Gasteiger partial charge in [0.15, 0.2) is 0 Å². The second kappa shape index (κ2) is 12.3. The van der Waals surface area contributed by atoms with Gasteiger partial charge in [0, 0.05) is 38.9 Å². The van der Waals surface area contributed by atoms with Crippen LogP contribution < -0.4 is 4.90 Å². The van der Waals surface area contributed by atoms with Crippen LogP contribution in [0.5, 0.6) is 0 Å². The van der Waals surface area contributed by atoms with Crippen LogP contribution in [-0.4, -0.2) is 4.57 Å². The number of fused-ring (bicyclic) bond motifs is 11. The predicted octanol–water partition coefficient (Wildman–Crippen LogP) is 14.8. The van der Waals surface area contributed by atoms with Gasteiger partial charge < -0.3 is 9.47 Å². The monoisotopic (exact) mass is 744 g/mol. The molecular weight excluding hydrogens is 701 g/mol. The first kappa shape index (κ1) is 32.7. The molecule has 1 spiro atoms. The van der Waals surface area contributed by atoms with Crippen molar-refractivity contribution >= 4 is 49.6 Å². The van der Waals surface area contributed by atoms with Gasteiger partial charge in [-0.3, -0.25) is 0 Å². The third kappa shape index (κ3) is 4.60. The quantitative estimate of drug-likeness (QED) is 0.170. The van der Waals surface area contributed by atoms with E-state index >= 15 is 0 Å². The van der Waals surface area contributed by atoms with Crippen molar-refractivity contribution in [3.8, 4) is 27.9 Å². The topological polar surface area (TPSA) is 8.17 Å². The number of nitrogens with zero attached hydrogens (tertiary/aromatic N) is 2. The van der Waals surface area contributed by atoms with Crippen LogP contribution in [0.4, 0.5) is 17.1 Å². The van der Waals surface area contributed by atoms with Crippen LogP contribution >= 0.6 is 0 Å². The second-order valence-electron chi connectivity index (χ2n) is 17.7. The molecule has 58 heavy (non-hydrogen) atoms. The van der Waals surface area contributed by atoms with Crippen molar-refractivity contribution in [3.05, 3.63) is 193 Å². The van der Waals surface area contributed by atoms with Crippen LogP contribution in [0.1, 0.15) is 43.2 Å². The number of anilines is 3. The molecule has 1 heterocycles. The Labute approximate surface area is 340 Å². The molecule has 0 radical (unpaired) electrons. The van der Waals surface area contributed by atoms with Gasteiger partial charge in [-0.1, -0.05) is 121 Å². The van der Waals surface area contributed by atoms with Gasteiger partial charge in [-0.2, -0.15) is 0 Å². The minimum Gasteiger partial charge on any atom is -0.310 e. The van der Waals surface area contributed by atoms with Crippen LogP contribution in [0.25, 0.3) is 60.5 Å². The number of benzene rings is 8. The molecule has 4 aliphatic carbocycles. The van der Waals surface area contributed by atoms with Gasteiger partial charge in [0.1, 0.15) is 0 Å². The smallest absolute Gasteiger partial charge is 0.0541 e. The van der Waals surface area contributed by atoms with Crippen molar-refractivity contribution in [1.29, 1.82) is 0 Å². The van der Waals surface area contributed by atoms with Gasteiger partial charge in [-0.25, -0.2) is 0 Å². The Kier molecular flexibility index (Phi) is 6.94. The number of aromatic nitrogens is 1. The molecule has 5 unspecified atom stereocenters. The van der Waals surface area contributed by atoms with Crippen molar-refractivity contribution in [2.45, 2.75) is 37.5 Å². The summed E-state index contributed by atoms with van der Waals surface area (Å²) >= 11 is 0. The summed E-state index contributed by atoms with van der Waals surface area (Å²) in [6.07, 6.45) is 7.08. The highest BCUT2D eigenvalue weighted by Gasteiger charge is 2.61. The van der Waals surface area contributed by atoms with Crippen LogP contribution in [-0.2, 0) is 5.41 Å². The van der Waals surface area contributed by atoms with Gasteiger partial charge in [-0.05, 0) is 161 Å². The third-order valence-electron chi connectivity index (χ3n) is 15.1. The molecule has 9 aromatic rings. The lowest BCUT2D eigenvalue weighted by atomic mass is 9.51. The van der Waals surface area contributed by atoms with Crippen LogP contribution in [0, 0.1) is 23.7 Å². The van der Waals surface area contributed by atoms with E-state index in [9.17, 15) is 0 Å². The van der Waals surface area contributed by atoms with Crippen LogP contribution in [0.2, 0.25) is 0 Å². The minimum atomic E-state index is 0.193. The number of hydrogen-bond acceptors (Lipinski definition) is 1. The molecule has 2 bridgehead atoms. The van der Waals surface area contributed by atoms with Crippen molar-refractivity contribution in [2.75, 3.05) is 4.90 Å². The Morgan fingerprint density at radius 3 is 2.02 bits per heavy atom. The highest BCUT2D eigenvalue weighted by Crippen LogP contribution is 2.69. The van der Waals surface area contributed by atoms with E-state index in [-0.39, 0.29) is 5.41 Å². The average molecular weight is 745 g/mol. The fourth-order valence-corrected chi connectivity index (χ4v) is 12.6. The van der Waals surface area contributed by atoms with Crippen LogP contribution in [0.15, 0.2) is 182 Å². The molecule has 4 aliphatic rings. The third-order valence-corrected chi connectivity index (χ3v) is 15.1.